The van der Waals surface area contributed by atoms with E-state index in [4.69, 9.17) is 0 Å². The third-order valence-electron chi connectivity index (χ3n) is 1.61. The Balaban J connectivity index is 2.46. The average Bonchev–Trinajstić information content (AvgIpc) is 2.45. The van der Waals surface area contributed by atoms with Gasteiger partial charge in [0.15, 0.2) is 0 Å². The summed E-state index contributed by atoms with van der Waals surface area (Å²) in [5, 5.41) is 4.87. The lowest BCUT2D eigenvalue weighted by atomic mass is 10.2. The molecule has 1 rings (SSSR count). The summed E-state index contributed by atoms with van der Waals surface area (Å²) in [6.07, 6.45) is 0. The quantitative estimate of drug-likeness (QED) is 0.840. The highest BCUT2D eigenvalue weighted by Gasteiger charge is 2.22. The minimum absolute atomic E-state index is 0.000164. The van der Waals surface area contributed by atoms with Crippen molar-refractivity contribution in [2.75, 3.05) is 0 Å². The van der Waals surface area contributed by atoms with Gasteiger partial charge in [-0.25, -0.2) is 0 Å². The Hall–Kier alpha value is 0.130. The van der Waals surface area contributed by atoms with E-state index in [1.807, 2.05) is 25.3 Å². The molecule has 5 heteroatoms. The molecular weight excluding hydrogens is 330 g/mol. The standard InChI is InChI=1S/C9H11Br2NOS/c1-9(2,11)8(13)12-4-6-3-7(10)14-5-6/h3,5H,4H2,1-2H3,(H,12,13). The molecule has 0 bridgehead atoms. The Bertz CT molecular complexity index is 330. The Morgan fingerprint density at radius 2 is 2.29 bits per heavy atom. The van der Waals surface area contributed by atoms with E-state index in [-0.39, 0.29) is 5.91 Å². The molecule has 14 heavy (non-hydrogen) atoms. The zero-order chi connectivity index (χ0) is 10.8. The summed E-state index contributed by atoms with van der Waals surface area (Å²) in [7, 11) is 0. The average molecular weight is 341 g/mol. The number of halogens is 2. The first kappa shape index (κ1) is 12.2. The molecule has 0 aromatic carbocycles. The molecular formula is C9H11Br2NOS. The van der Waals surface area contributed by atoms with Crippen molar-refractivity contribution < 1.29 is 4.79 Å². The summed E-state index contributed by atoms with van der Waals surface area (Å²) in [6.45, 7) is 4.23. The number of hydrogen-bond acceptors (Lipinski definition) is 2. The van der Waals surface area contributed by atoms with Crippen LogP contribution in [-0.4, -0.2) is 10.2 Å². The highest BCUT2D eigenvalue weighted by atomic mass is 79.9. The van der Waals surface area contributed by atoms with E-state index in [0.29, 0.717) is 6.54 Å². The van der Waals surface area contributed by atoms with Crippen molar-refractivity contribution in [2.24, 2.45) is 0 Å². The van der Waals surface area contributed by atoms with Crippen molar-refractivity contribution in [3.63, 3.8) is 0 Å². The summed E-state index contributed by atoms with van der Waals surface area (Å²) in [4.78, 5) is 11.5. The summed E-state index contributed by atoms with van der Waals surface area (Å²) < 4.78 is 0.583. The van der Waals surface area contributed by atoms with E-state index >= 15 is 0 Å². The van der Waals surface area contributed by atoms with Gasteiger partial charge in [-0.1, -0.05) is 15.9 Å². The molecule has 1 aromatic heterocycles. The maximum Gasteiger partial charge on any atom is 0.236 e. The fourth-order valence-electron chi connectivity index (χ4n) is 0.831. The second-order valence-electron chi connectivity index (χ2n) is 3.41. The summed E-state index contributed by atoms with van der Waals surface area (Å²) in [6, 6.07) is 2.01. The molecule has 0 radical (unpaired) electrons. The highest BCUT2D eigenvalue weighted by Crippen LogP contribution is 2.21. The molecule has 0 saturated heterocycles. The van der Waals surface area contributed by atoms with Crippen LogP contribution >= 0.6 is 43.2 Å². The molecule has 78 valence electrons. The van der Waals surface area contributed by atoms with Crippen LogP contribution in [0.25, 0.3) is 0 Å². The van der Waals surface area contributed by atoms with E-state index in [1.54, 1.807) is 11.3 Å². The predicted octanol–water partition coefficient (Wildman–Crippen LogP) is 3.30. The third kappa shape index (κ3) is 3.71. The largest absolute Gasteiger partial charge is 0.351 e. The van der Waals surface area contributed by atoms with Gasteiger partial charge < -0.3 is 5.32 Å². The molecule has 1 amide bonds. The smallest absolute Gasteiger partial charge is 0.236 e. The van der Waals surface area contributed by atoms with Gasteiger partial charge >= 0.3 is 0 Å². The number of amides is 1. The molecule has 1 heterocycles. The van der Waals surface area contributed by atoms with E-state index in [1.165, 1.54) is 0 Å². The van der Waals surface area contributed by atoms with Gasteiger partial charge in [0.25, 0.3) is 0 Å². The van der Waals surface area contributed by atoms with Crippen LogP contribution in [0, 0.1) is 0 Å². The van der Waals surface area contributed by atoms with Crippen molar-refractivity contribution in [2.45, 2.75) is 24.7 Å². The van der Waals surface area contributed by atoms with E-state index < -0.39 is 4.32 Å². The number of nitrogens with one attached hydrogen (secondary N) is 1. The molecule has 0 fully saturated rings. The van der Waals surface area contributed by atoms with Crippen molar-refractivity contribution in [3.05, 3.63) is 20.8 Å². The summed E-state index contributed by atoms with van der Waals surface area (Å²) in [5.41, 5.74) is 1.12. The van der Waals surface area contributed by atoms with Crippen LogP contribution in [0.4, 0.5) is 0 Å². The predicted molar refractivity (Wildman–Crippen MR) is 66.9 cm³/mol. The van der Waals surface area contributed by atoms with Crippen molar-refractivity contribution in [1.82, 2.24) is 5.32 Å². The molecule has 0 aliphatic carbocycles. The van der Waals surface area contributed by atoms with Gasteiger partial charge in [-0.05, 0) is 46.8 Å². The number of carbonyl (C=O) groups excluding carboxylic acids is 1. The minimum Gasteiger partial charge on any atom is -0.351 e. The van der Waals surface area contributed by atoms with Gasteiger partial charge in [-0.3, -0.25) is 4.79 Å². The van der Waals surface area contributed by atoms with Gasteiger partial charge in [0, 0.05) is 6.54 Å². The molecule has 2 nitrogen and oxygen atoms in total. The van der Waals surface area contributed by atoms with E-state index in [9.17, 15) is 4.79 Å². The second kappa shape index (κ2) is 4.77. The van der Waals surface area contributed by atoms with Gasteiger partial charge in [-0.15, -0.1) is 11.3 Å². The van der Waals surface area contributed by atoms with Crippen molar-refractivity contribution in [3.8, 4) is 0 Å². The van der Waals surface area contributed by atoms with Crippen molar-refractivity contribution >= 4 is 49.1 Å². The maximum absolute atomic E-state index is 11.5. The second-order valence-corrected chi connectivity index (χ2v) is 7.69. The number of thiophene rings is 1. The number of alkyl halides is 1. The fraction of sp³-hybridized carbons (Fsp3) is 0.444. The molecule has 0 spiro atoms. The van der Waals surface area contributed by atoms with Crippen LogP contribution < -0.4 is 5.32 Å². The van der Waals surface area contributed by atoms with Crippen LogP contribution in [0.15, 0.2) is 15.2 Å². The molecule has 1 N–H and O–H groups in total. The number of carbonyl (C=O) groups is 1. The topological polar surface area (TPSA) is 29.1 Å². The Kier molecular flexibility index (Phi) is 4.15. The molecule has 0 aliphatic rings. The van der Waals surface area contributed by atoms with Crippen LogP contribution in [0.2, 0.25) is 0 Å². The normalized spacial score (nSPS) is 11.4. The number of rotatable bonds is 3. The van der Waals surface area contributed by atoms with Gasteiger partial charge in [0.2, 0.25) is 5.91 Å². The first-order valence-electron chi connectivity index (χ1n) is 4.10. The van der Waals surface area contributed by atoms with E-state index in [0.717, 1.165) is 9.35 Å². The molecule has 1 aromatic rings. The molecule has 0 atom stereocenters. The SMILES string of the molecule is CC(C)(Br)C(=O)NCc1csc(Br)c1. The Morgan fingerprint density at radius 1 is 1.64 bits per heavy atom. The van der Waals surface area contributed by atoms with Gasteiger partial charge in [-0.2, -0.15) is 0 Å². The van der Waals surface area contributed by atoms with Gasteiger partial charge in [0.05, 0.1) is 8.11 Å². The van der Waals surface area contributed by atoms with Crippen molar-refractivity contribution in [1.29, 1.82) is 0 Å². The lowest BCUT2D eigenvalue weighted by molar-refractivity contribution is -0.122. The van der Waals surface area contributed by atoms with Crippen LogP contribution in [0.1, 0.15) is 19.4 Å². The Labute approximate surface area is 104 Å². The summed E-state index contributed by atoms with van der Waals surface area (Å²) in [5.74, 6) is -0.000164. The zero-order valence-corrected chi connectivity index (χ0v) is 11.9. The molecule has 0 saturated carbocycles. The van der Waals surface area contributed by atoms with Gasteiger partial charge in [0.1, 0.15) is 0 Å². The first-order valence-corrected chi connectivity index (χ1v) is 6.56. The lowest BCUT2D eigenvalue weighted by Gasteiger charge is -2.15. The summed E-state index contributed by atoms with van der Waals surface area (Å²) >= 11 is 8.30. The van der Waals surface area contributed by atoms with Crippen LogP contribution in [-0.2, 0) is 11.3 Å². The van der Waals surface area contributed by atoms with E-state index in [2.05, 4.69) is 37.2 Å². The van der Waals surface area contributed by atoms with Crippen LogP contribution in [0.5, 0.6) is 0 Å². The van der Waals surface area contributed by atoms with Crippen LogP contribution in [0.3, 0.4) is 0 Å². The molecule has 0 aliphatic heterocycles. The monoisotopic (exact) mass is 339 g/mol. The minimum atomic E-state index is -0.500. The highest BCUT2D eigenvalue weighted by molar-refractivity contribution is 9.11. The molecule has 0 unspecified atom stereocenters. The number of hydrogen-bond donors (Lipinski definition) is 1. The zero-order valence-electron chi connectivity index (χ0n) is 7.93. The maximum atomic E-state index is 11.5. The lowest BCUT2D eigenvalue weighted by Crippen LogP contribution is -2.36. The Morgan fingerprint density at radius 3 is 2.71 bits per heavy atom. The fourth-order valence-corrected chi connectivity index (χ4v) is 2.18. The first-order chi connectivity index (χ1) is 6.39. The third-order valence-corrected chi connectivity index (χ3v) is 3.53.